The summed E-state index contributed by atoms with van der Waals surface area (Å²) in [5.41, 5.74) is 3.19. The lowest BCUT2D eigenvalue weighted by atomic mass is 10.1. The second kappa shape index (κ2) is 8.95. The van der Waals surface area contributed by atoms with Crippen molar-refractivity contribution in [1.29, 1.82) is 0 Å². The van der Waals surface area contributed by atoms with Gasteiger partial charge in [-0.05, 0) is 32.0 Å². The number of carbonyl (C=O) groups is 1. The van der Waals surface area contributed by atoms with Gasteiger partial charge in [-0.25, -0.2) is 9.97 Å². The molecule has 0 bridgehead atoms. The van der Waals surface area contributed by atoms with Gasteiger partial charge in [0, 0.05) is 37.8 Å². The van der Waals surface area contributed by atoms with Gasteiger partial charge in [0.15, 0.2) is 6.10 Å². The highest BCUT2D eigenvalue weighted by molar-refractivity contribution is 5.81. The van der Waals surface area contributed by atoms with Crippen LogP contribution in [-0.4, -0.2) is 53.1 Å². The van der Waals surface area contributed by atoms with Gasteiger partial charge in [0.2, 0.25) is 0 Å². The Morgan fingerprint density at radius 1 is 0.967 bits per heavy atom. The molecule has 2 heterocycles. The van der Waals surface area contributed by atoms with Gasteiger partial charge in [0.25, 0.3) is 5.91 Å². The van der Waals surface area contributed by atoms with Crippen LogP contribution in [0.5, 0.6) is 5.75 Å². The number of piperazine rings is 1. The number of nitrogens with zero attached hydrogens (tertiary/aromatic N) is 4. The number of benzene rings is 2. The fraction of sp³-hybridized carbons (Fsp3) is 0.292. The number of ether oxygens (including phenoxy) is 1. The Labute approximate surface area is 177 Å². The van der Waals surface area contributed by atoms with Crippen LogP contribution in [0.15, 0.2) is 67.0 Å². The van der Waals surface area contributed by atoms with Crippen LogP contribution in [0.25, 0.3) is 11.3 Å². The van der Waals surface area contributed by atoms with Crippen LogP contribution in [0.4, 0.5) is 5.82 Å². The van der Waals surface area contributed by atoms with E-state index in [4.69, 9.17) is 4.74 Å². The smallest absolute Gasteiger partial charge is 0.263 e. The molecule has 0 radical (unpaired) electrons. The minimum Gasteiger partial charge on any atom is -0.481 e. The Bertz CT molecular complexity index is 1000. The number of aromatic nitrogens is 2. The number of aryl methyl sites for hydroxylation is 1. The van der Waals surface area contributed by atoms with Crippen LogP contribution < -0.4 is 9.64 Å². The number of amides is 1. The molecule has 1 unspecified atom stereocenters. The first-order valence-corrected chi connectivity index (χ1v) is 10.2. The Morgan fingerprint density at radius 2 is 1.73 bits per heavy atom. The Balaban J connectivity index is 1.37. The molecule has 6 nitrogen and oxygen atoms in total. The molecule has 1 amide bonds. The summed E-state index contributed by atoms with van der Waals surface area (Å²) in [5, 5.41) is 0. The van der Waals surface area contributed by atoms with E-state index in [0.29, 0.717) is 18.8 Å². The van der Waals surface area contributed by atoms with E-state index in [1.165, 1.54) is 5.56 Å². The van der Waals surface area contributed by atoms with Gasteiger partial charge in [-0.3, -0.25) is 4.79 Å². The average molecular weight is 402 g/mol. The largest absolute Gasteiger partial charge is 0.481 e. The van der Waals surface area contributed by atoms with Crippen LogP contribution in [0.2, 0.25) is 0 Å². The van der Waals surface area contributed by atoms with Crippen molar-refractivity contribution < 1.29 is 9.53 Å². The van der Waals surface area contributed by atoms with E-state index in [1.54, 1.807) is 13.3 Å². The fourth-order valence-corrected chi connectivity index (χ4v) is 3.65. The lowest BCUT2D eigenvalue weighted by molar-refractivity contribution is -0.138. The standard InChI is InChI=1S/C24H26N4O2/c1-18-7-6-8-20(15-18)22-16-23(26-17-25-22)27-11-13-28(14-12-27)24(29)19(2)30-21-9-4-3-5-10-21/h3-10,15-17,19H,11-14H2,1-2H3. The molecular weight excluding hydrogens is 376 g/mol. The van der Waals surface area contributed by atoms with Crippen LogP contribution in [-0.2, 0) is 4.79 Å². The third-order valence-electron chi connectivity index (χ3n) is 5.29. The maximum absolute atomic E-state index is 12.8. The summed E-state index contributed by atoms with van der Waals surface area (Å²) >= 11 is 0. The number of para-hydroxylation sites is 1. The van der Waals surface area contributed by atoms with Crippen molar-refractivity contribution in [3.63, 3.8) is 0 Å². The molecule has 1 saturated heterocycles. The Kier molecular flexibility index (Phi) is 5.93. The monoisotopic (exact) mass is 402 g/mol. The third kappa shape index (κ3) is 4.59. The van der Waals surface area contributed by atoms with Crippen molar-refractivity contribution >= 4 is 11.7 Å². The normalized spacial score (nSPS) is 15.0. The first-order valence-electron chi connectivity index (χ1n) is 10.2. The van der Waals surface area contributed by atoms with Crippen LogP contribution in [0.3, 0.4) is 0 Å². The molecule has 154 valence electrons. The highest BCUT2D eigenvalue weighted by Gasteiger charge is 2.26. The van der Waals surface area contributed by atoms with Crippen LogP contribution in [0, 0.1) is 6.92 Å². The Morgan fingerprint density at radius 3 is 2.47 bits per heavy atom. The zero-order valence-electron chi connectivity index (χ0n) is 17.4. The SMILES string of the molecule is Cc1cccc(-c2cc(N3CCN(C(=O)C(C)Oc4ccccc4)CC3)ncn2)c1. The summed E-state index contributed by atoms with van der Waals surface area (Å²) in [7, 11) is 0. The van der Waals surface area contributed by atoms with Gasteiger partial charge in [-0.2, -0.15) is 0 Å². The lowest BCUT2D eigenvalue weighted by Gasteiger charge is -2.36. The molecule has 0 spiro atoms. The summed E-state index contributed by atoms with van der Waals surface area (Å²) in [6.07, 6.45) is 1.10. The van der Waals surface area contributed by atoms with Gasteiger partial charge in [-0.15, -0.1) is 0 Å². The number of anilines is 1. The minimum absolute atomic E-state index is 0.0154. The van der Waals surface area contributed by atoms with Crippen molar-refractivity contribution in [2.24, 2.45) is 0 Å². The first-order chi connectivity index (χ1) is 14.6. The van der Waals surface area contributed by atoms with E-state index in [2.05, 4.69) is 40.0 Å². The quantitative estimate of drug-likeness (QED) is 0.653. The predicted molar refractivity (Wildman–Crippen MR) is 118 cm³/mol. The molecule has 0 saturated carbocycles. The highest BCUT2D eigenvalue weighted by Crippen LogP contribution is 2.22. The van der Waals surface area contributed by atoms with E-state index in [9.17, 15) is 4.79 Å². The second-order valence-electron chi connectivity index (χ2n) is 7.52. The van der Waals surface area contributed by atoms with Gasteiger partial charge < -0.3 is 14.5 Å². The topological polar surface area (TPSA) is 58.6 Å². The van der Waals surface area contributed by atoms with Gasteiger partial charge in [0.1, 0.15) is 17.9 Å². The molecule has 4 rings (SSSR count). The second-order valence-corrected chi connectivity index (χ2v) is 7.52. The molecule has 6 heteroatoms. The molecule has 2 aromatic carbocycles. The lowest BCUT2D eigenvalue weighted by Crippen LogP contribution is -2.52. The molecule has 1 aliphatic rings. The third-order valence-corrected chi connectivity index (χ3v) is 5.29. The van der Waals surface area contributed by atoms with Crippen LogP contribution in [0.1, 0.15) is 12.5 Å². The van der Waals surface area contributed by atoms with Gasteiger partial charge >= 0.3 is 0 Å². The van der Waals surface area contributed by atoms with E-state index >= 15 is 0 Å². The maximum atomic E-state index is 12.8. The molecule has 1 aliphatic heterocycles. The number of rotatable bonds is 5. The van der Waals surface area contributed by atoms with E-state index in [1.807, 2.05) is 47.4 Å². The molecule has 0 aliphatic carbocycles. The molecule has 1 fully saturated rings. The highest BCUT2D eigenvalue weighted by atomic mass is 16.5. The molecule has 30 heavy (non-hydrogen) atoms. The van der Waals surface area contributed by atoms with Crippen LogP contribution >= 0.6 is 0 Å². The number of hydrogen-bond acceptors (Lipinski definition) is 5. The first kappa shape index (κ1) is 19.9. The average Bonchev–Trinajstić information content (AvgIpc) is 2.79. The molecule has 3 aromatic rings. The van der Waals surface area contributed by atoms with Crippen molar-refractivity contribution in [2.45, 2.75) is 20.0 Å². The summed E-state index contributed by atoms with van der Waals surface area (Å²) in [6, 6.07) is 19.8. The van der Waals surface area contributed by atoms with Crippen molar-refractivity contribution in [3.8, 4) is 17.0 Å². The van der Waals surface area contributed by atoms with Gasteiger partial charge in [0.05, 0.1) is 5.69 Å². The summed E-state index contributed by atoms with van der Waals surface area (Å²) in [6.45, 7) is 6.63. The van der Waals surface area contributed by atoms with Crippen molar-refractivity contribution in [1.82, 2.24) is 14.9 Å². The number of hydrogen-bond donors (Lipinski definition) is 0. The minimum atomic E-state index is -0.508. The van der Waals surface area contributed by atoms with E-state index in [-0.39, 0.29) is 5.91 Å². The maximum Gasteiger partial charge on any atom is 0.263 e. The molecule has 1 aromatic heterocycles. The van der Waals surface area contributed by atoms with E-state index < -0.39 is 6.10 Å². The molecular formula is C24H26N4O2. The summed E-state index contributed by atoms with van der Waals surface area (Å²) < 4.78 is 5.79. The summed E-state index contributed by atoms with van der Waals surface area (Å²) in [4.78, 5) is 25.7. The van der Waals surface area contributed by atoms with E-state index in [0.717, 1.165) is 30.2 Å². The fourth-order valence-electron chi connectivity index (χ4n) is 3.65. The molecule has 1 atom stereocenters. The zero-order chi connectivity index (χ0) is 20.9. The predicted octanol–water partition coefficient (Wildman–Crippen LogP) is 3.57. The van der Waals surface area contributed by atoms with Crippen molar-refractivity contribution in [3.05, 3.63) is 72.6 Å². The Hall–Kier alpha value is -3.41. The molecule has 0 N–H and O–H groups in total. The van der Waals surface area contributed by atoms with Gasteiger partial charge in [-0.1, -0.05) is 42.0 Å². The van der Waals surface area contributed by atoms with Crippen molar-refractivity contribution in [2.75, 3.05) is 31.1 Å². The number of carbonyl (C=O) groups excluding carboxylic acids is 1. The zero-order valence-corrected chi connectivity index (χ0v) is 17.4. The summed E-state index contributed by atoms with van der Waals surface area (Å²) in [5.74, 6) is 1.62.